The van der Waals surface area contributed by atoms with Gasteiger partial charge in [-0.3, -0.25) is 4.90 Å². The van der Waals surface area contributed by atoms with Gasteiger partial charge in [0.15, 0.2) is 0 Å². The molecule has 0 radical (unpaired) electrons. The molecule has 2 saturated heterocycles. The van der Waals surface area contributed by atoms with Gasteiger partial charge in [-0.05, 0) is 52.6 Å². The van der Waals surface area contributed by atoms with Crippen molar-refractivity contribution in [2.75, 3.05) is 13.1 Å². The highest BCUT2D eigenvalue weighted by Gasteiger charge is 2.31. The first kappa shape index (κ1) is 13.5. The van der Waals surface area contributed by atoms with Gasteiger partial charge in [0, 0.05) is 23.5 Å². The fourth-order valence-electron chi connectivity index (χ4n) is 3.61. The molecule has 0 aromatic carbocycles. The van der Waals surface area contributed by atoms with E-state index in [1.165, 1.54) is 60.8 Å². The Morgan fingerprint density at radius 1 is 1.26 bits per heavy atom. The molecule has 19 heavy (non-hydrogen) atoms. The third-order valence-electron chi connectivity index (χ3n) is 4.57. The smallest absolute Gasteiger partial charge is 0.0900 e. The number of piperidine rings is 1. The topological polar surface area (TPSA) is 28.2 Å². The Labute approximate surface area is 120 Å². The third kappa shape index (κ3) is 3.01. The van der Waals surface area contributed by atoms with Gasteiger partial charge in [0.2, 0.25) is 0 Å². The lowest BCUT2D eigenvalue weighted by atomic mass is 9.94. The zero-order valence-electron chi connectivity index (χ0n) is 12.1. The quantitative estimate of drug-likeness (QED) is 0.922. The molecule has 0 amide bonds. The van der Waals surface area contributed by atoms with E-state index in [-0.39, 0.29) is 0 Å². The molecule has 0 spiro atoms. The summed E-state index contributed by atoms with van der Waals surface area (Å²) in [5, 5.41) is 4.92. The second kappa shape index (κ2) is 5.90. The largest absolute Gasteiger partial charge is 0.312 e. The number of thiazole rings is 1. The van der Waals surface area contributed by atoms with Crippen molar-refractivity contribution in [3.63, 3.8) is 0 Å². The van der Waals surface area contributed by atoms with Crippen LogP contribution in [0.1, 0.15) is 47.7 Å². The summed E-state index contributed by atoms with van der Waals surface area (Å²) in [7, 11) is 0. The Morgan fingerprint density at radius 2 is 2.16 bits per heavy atom. The summed E-state index contributed by atoms with van der Waals surface area (Å²) in [5.74, 6) is 0. The molecule has 0 aliphatic carbocycles. The number of nitrogens with one attached hydrogen (secondary N) is 1. The predicted molar refractivity (Wildman–Crippen MR) is 80.7 cm³/mol. The number of aromatic nitrogens is 1. The van der Waals surface area contributed by atoms with Crippen LogP contribution in [0.15, 0.2) is 0 Å². The fourth-order valence-corrected chi connectivity index (χ4v) is 4.58. The van der Waals surface area contributed by atoms with Gasteiger partial charge in [-0.15, -0.1) is 11.3 Å². The highest BCUT2D eigenvalue weighted by molar-refractivity contribution is 7.11. The van der Waals surface area contributed by atoms with Gasteiger partial charge in [0.05, 0.1) is 10.7 Å². The minimum absolute atomic E-state index is 0.731. The van der Waals surface area contributed by atoms with Gasteiger partial charge >= 0.3 is 0 Å². The minimum atomic E-state index is 0.731. The zero-order valence-corrected chi connectivity index (χ0v) is 12.9. The van der Waals surface area contributed by atoms with Gasteiger partial charge in [0.1, 0.15) is 0 Å². The molecule has 3 nitrogen and oxygen atoms in total. The van der Waals surface area contributed by atoms with E-state index in [1.54, 1.807) is 0 Å². The average molecular weight is 279 g/mol. The van der Waals surface area contributed by atoms with E-state index in [0.29, 0.717) is 0 Å². The highest BCUT2D eigenvalue weighted by Crippen LogP contribution is 2.28. The molecule has 2 aliphatic rings. The van der Waals surface area contributed by atoms with Crippen molar-refractivity contribution in [2.24, 2.45) is 0 Å². The van der Waals surface area contributed by atoms with Crippen LogP contribution in [-0.4, -0.2) is 35.1 Å². The van der Waals surface area contributed by atoms with Crippen molar-refractivity contribution in [3.05, 3.63) is 15.6 Å². The maximum Gasteiger partial charge on any atom is 0.0900 e. The second-order valence-corrected chi connectivity index (χ2v) is 7.27. The van der Waals surface area contributed by atoms with Crippen molar-refractivity contribution in [3.8, 4) is 0 Å². The molecular weight excluding hydrogens is 254 g/mol. The van der Waals surface area contributed by atoms with E-state index >= 15 is 0 Å². The lowest BCUT2D eigenvalue weighted by molar-refractivity contribution is 0.113. The van der Waals surface area contributed by atoms with Gasteiger partial charge in [-0.1, -0.05) is 6.42 Å². The molecule has 2 fully saturated rings. The number of rotatable bonds is 3. The normalized spacial score (nSPS) is 28.9. The molecule has 1 aromatic rings. The molecule has 2 aliphatic heterocycles. The SMILES string of the molecule is Cc1nc(C)c(CN2CCCCC2C2CCCN2)s1. The lowest BCUT2D eigenvalue weighted by Gasteiger charge is -2.39. The Hall–Kier alpha value is -0.450. The van der Waals surface area contributed by atoms with Crippen LogP contribution in [0.3, 0.4) is 0 Å². The van der Waals surface area contributed by atoms with Crippen LogP contribution >= 0.6 is 11.3 Å². The van der Waals surface area contributed by atoms with E-state index in [2.05, 4.69) is 29.0 Å². The number of hydrogen-bond donors (Lipinski definition) is 1. The maximum atomic E-state index is 4.58. The number of hydrogen-bond acceptors (Lipinski definition) is 4. The minimum Gasteiger partial charge on any atom is -0.312 e. The van der Waals surface area contributed by atoms with Crippen LogP contribution in [-0.2, 0) is 6.54 Å². The molecule has 106 valence electrons. The summed E-state index contributed by atoms with van der Waals surface area (Å²) < 4.78 is 0. The molecular formula is C15H25N3S. The molecule has 3 rings (SSSR count). The van der Waals surface area contributed by atoms with E-state index < -0.39 is 0 Å². The summed E-state index contributed by atoms with van der Waals surface area (Å²) in [6.07, 6.45) is 6.85. The Balaban J connectivity index is 1.71. The molecule has 3 heterocycles. The average Bonchev–Trinajstić information content (AvgIpc) is 3.01. The fraction of sp³-hybridized carbons (Fsp3) is 0.800. The van der Waals surface area contributed by atoms with Gasteiger partial charge in [-0.2, -0.15) is 0 Å². The first-order valence-corrected chi connectivity index (χ1v) is 8.46. The van der Waals surface area contributed by atoms with Crippen molar-refractivity contribution in [1.29, 1.82) is 0 Å². The monoisotopic (exact) mass is 279 g/mol. The summed E-state index contributed by atoms with van der Waals surface area (Å²) in [6.45, 7) is 7.87. The first-order chi connectivity index (χ1) is 9.24. The molecule has 4 heteroatoms. The summed E-state index contributed by atoms with van der Waals surface area (Å²) in [5.41, 5.74) is 1.24. The van der Waals surface area contributed by atoms with Crippen LogP contribution in [0, 0.1) is 13.8 Å². The first-order valence-electron chi connectivity index (χ1n) is 7.64. The third-order valence-corrected chi connectivity index (χ3v) is 5.63. The van der Waals surface area contributed by atoms with Crippen molar-refractivity contribution < 1.29 is 0 Å². The van der Waals surface area contributed by atoms with Gasteiger partial charge in [0.25, 0.3) is 0 Å². The van der Waals surface area contributed by atoms with Crippen molar-refractivity contribution >= 4 is 11.3 Å². The van der Waals surface area contributed by atoms with Crippen LogP contribution in [0.4, 0.5) is 0 Å². The van der Waals surface area contributed by atoms with Crippen molar-refractivity contribution in [1.82, 2.24) is 15.2 Å². The van der Waals surface area contributed by atoms with Crippen LogP contribution in [0.2, 0.25) is 0 Å². The summed E-state index contributed by atoms with van der Waals surface area (Å²) in [4.78, 5) is 8.76. The molecule has 1 aromatic heterocycles. The number of nitrogens with zero attached hydrogens (tertiary/aromatic N) is 2. The Morgan fingerprint density at radius 3 is 2.84 bits per heavy atom. The maximum absolute atomic E-state index is 4.58. The molecule has 0 saturated carbocycles. The standard InChI is InChI=1S/C15H25N3S/c1-11-15(19-12(2)17-11)10-18-9-4-3-7-14(18)13-6-5-8-16-13/h13-14,16H,3-10H2,1-2H3. The van der Waals surface area contributed by atoms with E-state index in [1.807, 2.05) is 11.3 Å². The lowest BCUT2D eigenvalue weighted by Crippen LogP contribution is -2.49. The predicted octanol–water partition coefficient (Wildman–Crippen LogP) is 2.87. The van der Waals surface area contributed by atoms with E-state index in [4.69, 9.17) is 0 Å². The molecule has 2 unspecified atom stereocenters. The second-order valence-electron chi connectivity index (χ2n) is 5.98. The molecule has 2 atom stereocenters. The molecule has 1 N–H and O–H groups in total. The van der Waals surface area contributed by atoms with Crippen LogP contribution in [0.5, 0.6) is 0 Å². The van der Waals surface area contributed by atoms with Gasteiger partial charge in [-0.25, -0.2) is 4.98 Å². The van der Waals surface area contributed by atoms with Crippen LogP contribution < -0.4 is 5.32 Å². The van der Waals surface area contributed by atoms with Gasteiger partial charge < -0.3 is 5.32 Å². The number of aryl methyl sites for hydroxylation is 2. The number of likely N-dealkylation sites (tertiary alicyclic amines) is 1. The van der Waals surface area contributed by atoms with E-state index in [9.17, 15) is 0 Å². The summed E-state index contributed by atoms with van der Waals surface area (Å²) in [6, 6.07) is 1.48. The summed E-state index contributed by atoms with van der Waals surface area (Å²) >= 11 is 1.88. The Bertz CT molecular complexity index is 423. The molecule has 0 bridgehead atoms. The van der Waals surface area contributed by atoms with Crippen molar-refractivity contribution in [2.45, 2.75) is 64.6 Å². The zero-order chi connectivity index (χ0) is 13.2. The Kier molecular flexibility index (Phi) is 4.20. The highest BCUT2D eigenvalue weighted by atomic mass is 32.1. The van der Waals surface area contributed by atoms with Crippen LogP contribution in [0.25, 0.3) is 0 Å². The van der Waals surface area contributed by atoms with E-state index in [0.717, 1.165) is 18.6 Å².